The van der Waals surface area contributed by atoms with Gasteiger partial charge in [0.05, 0.1) is 10.7 Å². The number of pyridine rings is 1. The molecule has 2 heterocycles. The molecule has 2 rings (SSSR count). The zero-order valence-electron chi connectivity index (χ0n) is 9.11. The molecule has 0 radical (unpaired) electrons. The maximum Gasteiger partial charge on any atom is 0.251 e. The smallest absolute Gasteiger partial charge is 0.251 e. The molecule has 0 saturated carbocycles. The molecule has 0 amide bonds. The zero-order valence-corrected chi connectivity index (χ0v) is 10.7. The number of halogens is 1. The van der Waals surface area contributed by atoms with E-state index < -0.39 is 0 Å². The van der Waals surface area contributed by atoms with Crippen LogP contribution in [-0.2, 0) is 5.75 Å². The molecule has 0 saturated heterocycles. The molecule has 2 aromatic rings. The Kier molecular flexibility index (Phi) is 3.81. The SMILES string of the molecule is Cc1cc(=O)[nH]c(SCc2ncccc2Cl)n1. The maximum absolute atomic E-state index is 11.2. The van der Waals surface area contributed by atoms with Crippen molar-refractivity contribution in [2.24, 2.45) is 0 Å². The lowest BCUT2D eigenvalue weighted by molar-refractivity contribution is 0.904. The van der Waals surface area contributed by atoms with Crippen molar-refractivity contribution >= 4 is 23.4 Å². The molecule has 17 heavy (non-hydrogen) atoms. The van der Waals surface area contributed by atoms with Crippen LogP contribution in [-0.4, -0.2) is 15.0 Å². The number of aryl methyl sites for hydroxylation is 1. The Hall–Kier alpha value is -1.33. The first kappa shape index (κ1) is 12.1. The Morgan fingerprint density at radius 1 is 1.53 bits per heavy atom. The van der Waals surface area contributed by atoms with E-state index in [9.17, 15) is 4.79 Å². The van der Waals surface area contributed by atoms with Gasteiger partial charge in [0.1, 0.15) is 0 Å². The van der Waals surface area contributed by atoms with E-state index in [1.807, 2.05) is 0 Å². The lowest BCUT2D eigenvalue weighted by atomic mass is 10.4. The Bertz CT molecular complexity index is 585. The van der Waals surface area contributed by atoms with Crippen LogP contribution in [0.5, 0.6) is 0 Å². The molecule has 0 aliphatic carbocycles. The van der Waals surface area contributed by atoms with Crippen LogP contribution in [0.4, 0.5) is 0 Å². The molecule has 88 valence electrons. The van der Waals surface area contributed by atoms with Crippen molar-refractivity contribution in [1.82, 2.24) is 15.0 Å². The summed E-state index contributed by atoms with van der Waals surface area (Å²) in [5, 5.41) is 1.20. The summed E-state index contributed by atoms with van der Waals surface area (Å²) in [6.07, 6.45) is 1.69. The highest BCUT2D eigenvalue weighted by molar-refractivity contribution is 7.98. The summed E-state index contributed by atoms with van der Waals surface area (Å²) in [5.41, 5.74) is 1.33. The fourth-order valence-corrected chi connectivity index (χ4v) is 2.43. The second-order valence-electron chi connectivity index (χ2n) is 3.41. The number of thioether (sulfide) groups is 1. The van der Waals surface area contributed by atoms with Crippen molar-refractivity contribution in [1.29, 1.82) is 0 Å². The summed E-state index contributed by atoms with van der Waals surface area (Å²) in [7, 11) is 0. The highest BCUT2D eigenvalue weighted by atomic mass is 35.5. The number of rotatable bonds is 3. The van der Waals surface area contributed by atoms with E-state index in [2.05, 4.69) is 15.0 Å². The fraction of sp³-hybridized carbons (Fsp3) is 0.182. The third kappa shape index (κ3) is 3.31. The Morgan fingerprint density at radius 3 is 3.06 bits per heavy atom. The lowest BCUT2D eigenvalue weighted by Crippen LogP contribution is -2.08. The number of aromatic nitrogens is 3. The average Bonchev–Trinajstić information content (AvgIpc) is 2.27. The molecule has 2 aromatic heterocycles. The average molecular weight is 268 g/mol. The molecular weight excluding hydrogens is 258 g/mol. The van der Waals surface area contributed by atoms with Gasteiger partial charge in [-0.2, -0.15) is 0 Å². The quantitative estimate of drug-likeness (QED) is 0.685. The van der Waals surface area contributed by atoms with Crippen LogP contribution in [0.25, 0.3) is 0 Å². The van der Waals surface area contributed by atoms with E-state index in [0.29, 0.717) is 21.6 Å². The van der Waals surface area contributed by atoms with Gasteiger partial charge < -0.3 is 4.98 Å². The van der Waals surface area contributed by atoms with Crippen molar-refractivity contribution < 1.29 is 0 Å². The molecule has 0 bridgehead atoms. The summed E-state index contributed by atoms with van der Waals surface area (Å²) >= 11 is 7.39. The van der Waals surface area contributed by atoms with Gasteiger partial charge in [-0.3, -0.25) is 9.78 Å². The summed E-state index contributed by atoms with van der Waals surface area (Å²) in [4.78, 5) is 22.3. The van der Waals surface area contributed by atoms with Crippen molar-refractivity contribution in [2.75, 3.05) is 0 Å². The number of H-pyrrole nitrogens is 1. The molecule has 0 aliphatic rings. The van der Waals surface area contributed by atoms with Gasteiger partial charge in [-0.15, -0.1) is 0 Å². The second kappa shape index (κ2) is 5.33. The Morgan fingerprint density at radius 2 is 2.35 bits per heavy atom. The van der Waals surface area contributed by atoms with E-state index in [1.54, 1.807) is 25.3 Å². The van der Waals surface area contributed by atoms with Gasteiger partial charge in [0, 0.05) is 23.7 Å². The molecular formula is C11H10ClN3OS. The third-order valence-corrected chi connectivity index (χ3v) is 3.26. The van der Waals surface area contributed by atoms with Crippen molar-refractivity contribution in [3.63, 3.8) is 0 Å². The minimum Gasteiger partial charge on any atom is -0.301 e. The zero-order chi connectivity index (χ0) is 12.3. The first-order chi connectivity index (χ1) is 8.15. The molecule has 0 unspecified atom stereocenters. The number of hydrogen-bond donors (Lipinski definition) is 1. The molecule has 1 N–H and O–H groups in total. The van der Waals surface area contributed by atoms with Crippen LogP contribution in [0, 0.1) is 6.92 Å². The largest absolute Gasteiger partial charge is 0.301 e. The molecule has 4 nitrogen and oxygen atoms in total. The maximum atomic E-state index is 11.2. The number of nitrogens with zero attached hydrogens (tertiary/aromatic N) is 2. The molecule has 0 fully saturated rings. The monoisotopic (exact) mass is 267 g/mol. The Balaban J connectivity index is 2.13. The van der Waals surface area contributed by atoms with E-state index in [-0.39, 0.29) is 5.56 Å². The van der Waals surface area contributed by atoms with Gasteiger partial charge in [-0.05, 0) is 19.1 Å². The van der Waals surface area contributed by atoms with Crippen LogP contribution >= 0.6 is 23.4 Å². The molecule has 0 aliphatic heterocycles. The molecule has 6 heteroatoms. The van der Waals surface area contributed by atoms with Crippen LogP contribution in [0.15, 0.2) is 34.3 Å². The predicted molar refractivity (Wildman–Crippen MR) is 68.4 cm³/mol. The number of hydrogen-bond acceptors (Lipinski definition) is 4. The minimum atomic E-state index is -0.146. The highest BCUT2D eigenvalue weighted by Crippen LogP contribution is 2.21. The molecule has 0 atom stereocenters. The predicted octanol–water partition coefficient (Wildman–Crippen LogP) is 2.42. The Labute approximate surface area is 107 Å². The fourth-order valence-electron chi connectivity index (χ4n) is 1.28. The van der Waals surface area contributed by atoms with Gasteiger partial charge in [-0.25, -0.2) is 4.98 Å². The molecule has 0 aromatic carbocycles. The van der Waals surface area contributed by atoms with E-state index in [4.69, 9.17) is 11.6 Å². The van der Waals surface area contributed by atoms with Crippen LogP contribution in [0.2, 0.25) is 5.02 Å². The van der Waals surface area contributed by atoms with Gasteiger partial charge >= 0.3 is 0 Å². The normalized spacial score (nSPS) is 10.5. The third-order valence-electron chi connectivity index (χ3n) is 2.03. The van der Waals surface area contributed by atoms with Gasteiger partial charge in [0.25, 0.3) is 5.56 Å². The summed E-state index contributed by atoms with van der Waals surface area (Å²) in [6.45, 7) is 1.78. The van der Waals surface area contributed by atoms with Crippen LogP contribution in [0.3, 0.4) is 0 Å². The van der Waals surface area contributed by atoms with Crippen molar-refractivity contribution in [3.8, 4) is 0 Å². The van der Waals surface area contributed by atoms with Crippen molar-refractivity contribution in [3.05, 3.63) is 51.2 Å². The molecule has 0 spiro atoms. The topological polar surface area (TPSA) is 58.6 Å². The van der Waals surface area contributed by atoms with E-state index in [1.165, 1.54) is 17.8 Å². The van der Waals surface area contributed by atoms with Crippen LogP contribution < -0.4 is 5.56 Å². The second-order valence-corrected chi connectivity index (χ2v) is 4.78. The summed E-state index contributed by atoms with van der Waals surface area (Å²) < 4.78 is 0. The van der Waals surface area contributed by atoms with Gasteiger partial charge in [-0.1, -0.05) is 23.4 Å². The van der Waals surface area contributed by atoms with Gasteiger partial charge in [0.2, 0.25) is 0 Å². The number of aromatic amines is 1. The van der Waals surface area contributed by atoms with E-state index in [0.717, 1.165) is 5.69 Å². The van der Waals surface area contributed by atoms with Gasteiger partial charge in [0.15, 0.2) is 5.16 Å². The van der Waals surface area contributed by atoms with Crippen molar-refractivity contribution in [2.45, 2.75) is 17.8 Å². The summed E-state index contributed by atoms with van der Waals surface area (Å²) in [5.74, 6) is 0.575. The summed E-state index contributed by atoms with van der Waals surface area (Å²) in [6, 6.07) is 5.03. The number of nitrogens with one attached hydrogen (secondary N) is 1. The van der Waals surface area contributed by atoms with Crippen LogP contribution in [0.1, 0.15) is 11.4 Å². The first-order valence-electron chi connectivity index (χ1n) is 4.95. The first-order valence-corrected chi connectivity index (χ1v) is 6.31. The highest BCUT2D eigenvalue weighted by Gasteiger charge is 2.04. The standard InChI is InChI=1S/C11H10ClN3OS/c1-7-5-10(16)15-11(14-7)17-6-9-8(12)3-2-4-13-9/h2-5H,6H2,1H3,(H,14,15,16). The van der Waals surface area contributed by atoms with E-state index >= 15 is 0 Å². The lowest BCUT2D eigenvalue weighted by Gasteiger charge is -2.02. The minimum absolute atomic E-state index is 0.146.